The van der Waals surface area contributed by atoms with Crippen LogP contribution in [0.4, 0.5) is 36.4 Å². The number of alkyl halides is 5. The lowest BCUT2D eigenvalue weighted by Gasteiger charge is -2.29. The molecule has 3 rings (SSSR count). The molecule has 8 nitrogen and oxygen atoms in total. The van der Waals surface area contributed by atoms with Crippen molar-refractivity contribution in [3.05, 3.63) is 53.8 Å². The number of benzene rings is 1. The summed E-state index contributed by atoms with van der Waals surface area (Å²) in [7, 11) is 0. The molecule has 0 radical (unpaired) electrons. The molecule has 3 N–H and O–H groups in total. The fourth-order valence-electron chi connectivity index (χ4n) is 3.16. The first-order chi connectivity index (χ1) is 16.8. The van der Waals surface area contributed by atoms with Gasteiger partial charge in [0, 0.05) is 12.0 Å². The Morgan fingerprint density at radius 3 is 2.61 bits per heavy atom. The van der Waals surface area contributed by atoms with Gasteiger partial charge in [0.15, 0.2) is 12.5 Å². The van der Waals surface area contributed by atoms with E-state index in [0.29, 0.717) is 0 Å². The molecule has 1 atom stereocenters. The van der Waals surface area contributed by atoms with Crippen LogP contribution in [0, 0.1) is 11.6 Å². The SMILES string of the molecule is NC(=CC(=O)C(=O)Nc1c(-c2cc(F)ccc2F)ncnc1C1CCC(F)(F)CO1)OCC(F)(F)F. The fourth-order valence-corrected chi connectivity index (χ4v) is 3.16. The molecule has 1 aliphatic rings. The summed E-state index contributed by atoms with van der Waals surface area (Å²) in [5, 5.41) is 2.07. The number of rotatable bonds is 7. The highest BCUT2D eigenvalue weighted by molar-refractivity contribution is 6.44. The average molecular weight is 522 g/mol. The lowest BCUT2D eigenvalue weighted by atomic mass is 10.00. The summed E-state index contributed by atoms with van der Waals surface area (Å²) in [4.78, 5) is 32.4. The number of amides is 1. The van der Waals surface area contributed by atoms with Crippen molar-refractivity contribution in [2.24, 2.45) is 5.73 Å². The molecule has 2 aromatic rings. The summed E-state index contributed by atoms with van der Waals surface area (Å²) >= 11 is 0. The van der Waals surface area contributed by atoms with Crippen molar-refractivity contribution in [1.82, 2.24) is 9.97 Å². The monoisotopic (exact) mass is 522 g/mol. The molecule has 0 spiro atoms. The lowest BCUT2D eigenvalue weighted by Crippen LogP contribution is -2.32. The molecular formula is C21H17F7N4O4. The Balaban J connectivity index is 1.97. The second-order valence-corrected chi connectivity index (χ2v) is 7.57. The van der Waals surface area contributed by atoms with Crippen molar-refractivity contribution >= 4 is 17.4 Å². The highest BCUT2D eigenvalue weighted by Crippen LogP contribution is 2.40. The Kier molecular flexibility index (Phi) is 7.81. The van der Waals surface area contributed by atoms with Gasteiger partial charge in [0.25, 0.3) is 11.8 Å². The molecule has 15 heteroatoms. The number of ketones is 1. The van der Waals surface area contributed by atoms with Gasteiger partial charge in [-0.3, -0.25) is 9.59 Å². The number of anilines is 1. The van der Waals surface area contributed by atoms with Crippen LogP contribution in [-0.4, -0.2) is 47.0 Å². The van der Waals surface area contributed by atoms with Gasteiger partial charge in [-0.05, 0) is 24.6 Å². The molecule has 194 valence electrons. The first kappa shape index (κ1) is 26.8. The van der Waals surface area contributed by atoms with Crippen LogP contribution in [0.15, 0.2) is 36.5 Å². The Morgan fingerprint density at radius 2 is 1.97 bits per heavy atom. The van der Waals surface area contributed by atoms with E-state index in [1.807, 2.05) is 0 Å². The van der Waals surface area contributed by atoms with Crippen LogP contribution in [0.3, 0.4) is 0 Å². The van der Waals surface area contributed by atoms with Crippen LogP contribution in [0.2, 0.25) is 0 Å². The van der Waals surface area contributed by atoms with E-state index >= 15 is 0 Å². The summed E-state index contributed by atoms with van der Waals surface area (Å²) in [6.07, 6.45) is -5.65. The molecule has 1 aromatic heterocycles. The van der Waals surface area contributed by atoms with E-state index in [-0.39, 0.29) is 18.2 Å². The minimum Gasteiger partial charge on any atom is -0.470 e. The zero-order valence-electron chi connectivity index (χ0n) is 18.0. The molecule has 0 saturated carbocycles. The van der Waals surface area contributed by atoms with Crippen molar-refractivity contribution < 1.29 is 49.8 Å². The van der Waals surface area contributed by atoms with Crippen molar-refractivity contribution in [3.8, 4) is 11.3 Å². The van der Waals surface area contributed by atoms with Gasteiger partial charge in [0.1, 0.15) is 36.4 Å². The summed E-state index contributed by atoms with van der Waals surface area (Å²) < 4.78 is 101. The van der Waals surface area contributed by atoms with E-state index in [1.165, 1.54) is 0 Å². The number of carbonyl (C=O) groups excluding carboxylic acids is 2. The molecule has 0 bridgehead atoms. The summed E-state index contributed by atoms with van der Waals surface area (Å²) in [6, 6.07) is 2.31. The van der Waals surface area contributed by atoms with Crippen LogP contribution >= 0.6 is 0 Å². The Labute approximate surface area is 198 Å². The molecule has 1 amide bonds. The maximum Gasteiger partial charge on any atom is 0.422 e. The van der Waals surface area contributed by atoms with Gasteiger partial charge in [-0.2, -0.15) is 13.2 Å². The molecule has 1 aliphatic heterocycles. The van der Waals surface area contributed by atoms with E-state index < -0.39 is 84.0 Å². The third-order valence-corrected chi connectivity index (χ3v) is 4.77. The number of nitrogens with two attached hydrogens (primary N) is 1. The third-order valence-electron chi connectivity index (χ3n) is 4.77. The molecule has 1 aromatic carbocycles. The number of aromatic nitrogens is 2. The second kappa shape index (κ2) is 10.5. The van der Waals surface area contributed by atoms with Crippen LogP contribution in [0.1, 0.15) is 24.6 Å². The predicted molar refractivity (Wildman–Crippen MR) is 108 cm³/mol. The highest BCUT2D eigenvalue weighted by Gasteiger charge is 2.38. The second-order valence-electron chi connectivity index (χ2n) is 7.57. The molecule has 2 heterocycles. The van der Waals surface area contributed by atoms with Crippen LogP contribution in [0.25, 0.3) is 11.3 Å². The molecule has 1 saturated heterocycles. The molecular weight excluding hydrogens is 505 g/mol. The van der Waals surface area contributed by atoms with E-state index in [9.17, 15) is 40.3 Å². The largest absolute Gasteiger partial charge is 0.470 e. The Morgan fingerprint density at radius 1 is 1.25 bits per heavy atom. The molecule has 36 heavy (non-hydrogen) atoms. The van der Waals surface area contributed by atoms with Crippen molar-refractivity contribution in [1.29, 1.82) is 0 Å². The van der Waals surface area contributed by atoms with E-state index in [4.69, 9.17) is 10.5 Å². The summed E-state index contributed by atoms with van der Waals surface area (Å²) in [6.45, 7) is -2.82. The minimum absolute atomic E-state index is 0.217. The average Bonchev–Trinajstić information content (AvgIpc) is 2.79. The van der Waals surface area contributed by atoms with Gasteiger partial charge < -0.3 is 20.5 Å². The number of ether oxygens (including phenoxy) is 2. The smallest absolute Gasteiger partial charge is 0.422 e. The first-order valence-corrected chi connectivity index (χ1v) is 10.1. The lowest BCUT2D eigenvalue weighted by molar-refractivity contribution is -0.165. The Bertz CT molecular complexity index is 1180. The van der Waals surface area contributed by atoms with Crippen molar-refractivity contribution in [3.63, 3.8) is 0 Å². The normalized spacial score (nSPS) is 18.0. The number of nitrogens with one attached hydrogen (secondary N) is 1. The van der Waals surface area contributed by atoms with Gasteiger partial charge in [-0.15, -0.1) is 0 Å². The van der Waals surface area contributed by atoms with Gasteiger partial charge >= 0.3 is 6.18 Å². The number of carbonyl (C=O) groups is 2. The fraction of sp³-hybridized carbons (Fsp3) is 0.333. The third kappa shape index (κ3) is 6.90. The quantitative estimate of drug-likeness (QED) is 0.246. The van der Waals surface area contributed by atoms with E-state index in [1.54, 1.807) is 0 Å². The maximum atomic E-state index is 14.5. The molecule has 0 aliphatic carbocycles. The summed E-state index contributed by atoms with van der Waals surface area (Å²) in [5.41, 5.74) is 3.62. The predicted octanol–water partition coefficient (Wildman–Crippen LogP) is 3.80. The molecule has 1 fully saturated rings. The Hall–Kier alpha value is -3.75. The molecule has 1 unspecified atom stereocenters. The van der Waals surface area contributed by atoms with Crippen molar-refractivity contribution in [2.75, 3.05) is 18.5 Å². The van der Waals surface area contributed by atoms with Crippen LogP contribution < -0.4 is 11.1 Å². The number of nitrogens with zero attached hydrogens (tertiary/aromatic N) is 2. The number of halogens is 7. The summed E-state index contributed by atoms with van der Waals surface area (Å²) in [5.74, 6) is -8.99. The van der Waals surface area contributed by atoms with Crippen LogP contribution in [-0.2, 0) is 19.1 Å². The minimum atomic E-state index is -4.76. The maximum absolute atomic E-state index is 14.5. The highest BCUT2D eigenvalue weighted by atomic mass is 19.4. The van der Waals surface area contributed by atoms with Gasteiger partial charge in [0.05, 0.1) is 17.5 Å². The topological polar surface area (TPSA) is 116 Å². The zero-order chi connectivity index (χ0) is 26.7. The zero-order valence-corrected chi connectivity index (χ0v) is 18.0. The van der Waals surface area contributed by atoms with Crippen LogP contribution in [0.5, 0.6) is 0 Å². The first-order valence-electron chi connectivity index (χ1n) is 10.1. The van der Waals surface area contributed by atoms with Crippen molar-refractivity contribution in [2.45, 2.75) is 31.0 Å². The van der Waals surface area contributed by atoms with E-state index in [2.05, 4.69) is 20.0 Å². The number of hydrogen-bond acceptors (Lipinski definition) is 7. The van der Waals surface area contributed by atoms with Gasteiger partial charge in [-0.1, -0.05) is 0 Å². The standard InChI is InChI=1S/C21H17F7N4O4/c22-10-1-2-12(23)11(5-10)16-18(17(31-9-30-16)14-3-4-20(24,25)7-35-14)32-19(34)13(33)6-15(29)36-8-21(26,27)28/h1-2,5-6,9,14H,3-4,7-8,29H2,(H,32,34). The van der Waals surface area contributed by atoms with E-state index in [0.717, 1.165) is 24.5 Å². The van der Waals surface area contributed by atoms with Gasteiger partial charge in [0.2, 0.25) is 5.78 Å². The number of hydrogen-bond donors (Lipinski definition) is 2. The van der Waals surface area contributed by atoms with Gasteiger partial charge in [-0.25, -0.2) is 27.5 Å².